The van der Waals surface area contributed by atoms with Crippen LogP contribution in [0.5, 0.6) is 0 Å². The van der Waals surface area contributed by atoms with E-state index >= 15 is 0 Å². The lowest BCUT2D eigenvalue weighted by Gasteiger charge is -2.27. The molecule has 2 saturated carbocycles. The maximum absolute atomic E-state index is 12.9. The quantitative estimate of drug-likeness (QED) is 0.601. The molecule has 6 atom stereocenters. The monoisotopic (exact) mass is 426 g/mol. The number of nitrogens with one attached hydrogen (secondary N) is 1. The Balaban J connectivity index is 1.28. The number of carbonyl (C=O) groups excluding carboxylic acids is 2. The number of halogens is 1. The highest BCUT2D eigenvalue weighted by Crippen LogP contribution is 2.60. The Morgan fingerprint density at radius 2 is 1.81 bits per heavy atom. The van der Waals surface area contributed by atoms with Gasteiger partial charge in [-0.15, -0.1) is 0 Å². The lowest BCUT2D eigenvalue weighted by atomic mass is 9.79. The number of nitrogens with zero attached hydrogens (tertiary/aromatic N) is 1. The third-order valence-corrected chi connectivity index (χ3v) is 7.40. The van der Waals surface area contributed by atoms with Crippen LogP contribution in [0.15, 0.2) is 48.8 Å². The van der Waals surface area contributed by atoms with Crippen LogP contribution in [0.2, 0.25) is 0 Å². The Morgan fingerprint density at radius 1 is 1.11 bits per heavy atom. The van der Waals surface area contributed by atoms with E-state index in [9.17, 15) is 9.59 Å². The minimum atomic E-state index is -0.304. The maximum atomic E-state index is 12.9. The van der Waals surface area contributed by atoms with Gasteiger partial charge in [0.05, 0.1) is 16.7 Å². The molecule has 1 N–H and O–H groups in total. The molecule has 0 radical (unpaired) electrons. The second kappa shape index (κ2) is 6.44. The predicted molar refractivity (Wildman–Crippen MR) is 103 cm³/mol. The minimum absolute atomic E-state index is 0.0518. The summed E-state index contributed by atoms with van der Waals surface area (Å²) < 4.78 is 5.48. The van der Waals surface area contributed by atoms with Crippen molar-refractivity contribution in [2.75, 3.05) is 5.32 Å². The number of hydrogen-bond acceptors (Lipinski definition) is 4. The van der Waals surface area contributed by atoms with Crippen LogP contribution in [0.4, 0.5) is 5.69 Å². The molecule has 1 amide bonds. The summed E-state index contributed by atoms with van der Waals surface area (Å²) >= 11 is 3.65. The van der Waals surface area contributed by atoms with Gasteiger partial charge >= 0.3 is 5.97 Å². The Bertz CT molecular complexity index is 886. The second-order valence-corrected chi connectivity index (χ2v) is 8.74. The van der Waals surface area contributed by atoms with Gasteiger partial charge in [0.2, 0.25) is 5.91 Å². The number of benzene rings is 1. The molecular formula is C21H19BrN2O3. The van der Waals surface area contributed by atoms with Gasteiger partial charge < -0.3 is 10.1 Å². The summed E-state index contributed by atoms with van der Waals surface area (Å²) in [6, 6.07) is 11.9. The van der Waals surface area contributed by atoms with Gasteiger partial charge in [0.1, 0.15) is 6.10 Å². The predicted octanol–water partition coefficient (Wildman–Crippen LogP) is 3.18. The first kappa shape index (κ1) is 16.9. The summed E-state index contributed by atoms with van der Waals surface area (Å²) in [7, 11) is 0. The molecule has 27 heavy (non-hydrogen) atoms. The van der Waals surface area contributed by atoms with Gasteiger partial charge in [0.15, 0.2) is 0 Å². The molecule has 5 nitrogen and oxygen atoms in total. The number of hydrogen-bond donors (Lipinski definition) is 1. The van der Waals surface area contributed by atoms with E-state index in [1.165, 1.54) is 11.1 Å². The molecule has 1 aliphatic heterocycles. The number of fused-ring (bicyclic) bond motifs is 1. The largest absolute Gasteiger partial charge is 0.461 e. The number of carbonyl (C=O) groups is 2. The highest BCUT2D eigenvalue weighted by atomic mass is 79.9. The first-order chi connectivity index (χ1) is 13.1. The van der Waals surface area contributed by atoms with Gasteiger partial charge in [-0.25, -0.2) is 0 Å². The normalized spacial score (nSPS) is 33.1. The van der Waals surface area contributed by atoms with Gasteiger partial charge in [0.25, 0.3) is 0 Å². The molecule has 3 fully saturated rings. The highest BCUT2D eigenvalue weighted by molar-refractivity contribution is 9.09. The van der Waals surface area contributed by atoms with Crippen LogP contribution in [0.25, 0.3) is 0 Å². The number of anilines is 1. The topological polar surface area (TPSA) is 68.3 Å². The van der Waals surface area contributed by atoms with Crippen LogP contribution in [0, 0.1) is 23.7 Å². The SMILES string of the molecule is O=C(Nc1ccc(Cc2ccncc2)cc1)[C@H]1[C@@H]2C[C@H]3[C@H](OC(=O)[C@@H]31)[C@@H]2Br. The van der Waals surface area contributed by atoms with E-state index in [0.717, 1.165) is 18.5 Å². The molecule has 1 saturated heterocycles. The molecule has 138 valence electrons. The van der Waals surface area contributed by atoms with Crippen LogP contribution in [-0.4, -0.2) is 27.8 Å². The Hall–Kier alpha value is -2.21. The first-order valence-corrected chi connectivity index (χ1v) is 10.2. The van der Waals surface area contributed by atoms with Crippen LogP contribution in [-0.2, 0) is 20.7 Å². The van der Waals surface area contributed by atoms with Gasteiger partial charge in [-0.3, -0.25) is 14.6 Å². The van der Waals surface area contributed by atoms with Crippen molar-refractivity contribution in [1.29, 1.82) is 0 Å². The summed E-state index contributed by atoms with van der Waals surface area (Å²) in [6.07, 6.45) is 5.23. The maximum Gasteiger partial charge on any atom is 0.310 e. The molecule has 0 spiro atoms. The number of amides is 1. The molecular weight excluding hydrogens is 408 g/mol. The van der Waals surface area contributed by atoms with E-state index in [4.69, 9.17) is 4.74 Å². The summed E-state index contributed by atoms with van der Waals surface area (Å²) in [5.74, 6) is -0.506. The molecule has 1 aromatic carbocycles. The van der Waals surface area contributed by atoms with Crippen molar-refractivity contribution in [3.05, 3.63) is 59.9 Å². The van der Waals surface area contributed by atoms with Crippen molar-refractivity contribution in [2.24, 2.45) is 23.7 Å². The molecule has 3 aliphatic rings. The zero-order chi connectivity index (χ0) is 18.5. The Kier molecular flexibility index (Phi) is 4.04. The van der Waals surface area contributed by atoms with E-state index in [1.807, 2.05) is 36.4 Å². The number of pyridine rings is 1. The fourth-order valence-electron chi connectivity index (χ4n) is 5.00. The molecule has 2 aliphatic carbocycles. The van der Waals surface area contributed by atoms with E-state index in [0.29, 0.717) is 0 Å². The number of ether oxygens (including phenoxy) is 1. The lowest BCUT2D eigenvalue weighted by molar-refractivity contribution is -0.145. The standard InChI is InChI=1S/C21H19BrN2O3/c22-18-14-10-15-17(21(26)27-19(15)18)16(14)20(25)24-13-3-1-11(2-4-13)9-12-5-7-23-8-6-12/h1-8,14-19H,9-10H2,(H,24,25)/t14-,15+,16-,17-,18+,19-/m0/s1. The third-order valence-electron chi connectivity index (χ3n) is 6.20. The number of alkyl halides is 1. The van der Waals surface area contributed by atoms with Gasteiger partial charge in [-0.05, 0) is 54.2 Å². The van der Waals surface area contributed by atoms with Crippen molar-refractivity contribution in [3.8, 4) is 0 Å². The first-order valence-electron chi connectivity index (χ1n) is 9.25. The fourth-order valence-corrected chi connectivity index (χ4v) is 6.04. The van der Waals surface area contributed by atoms with Crippen molar-refractivity contribution >= 4 is 33.5 Å². The van der Waals surface area contributed by atoms with Crippen molar-refractivity contribution in [3.63, 3.8) is 0 Å². The minimum Gasteiger partial charge on any atom is -0.461 e. The van der Waals surface area contributed by atoms with E-state index in [-0.39, 0.29) is 46.5 Å². The number of rotatable bonds is 4. The van der Waals surface area contributed by atoms with Gasteiger partial charge in [-0.2, -0.15) is 0 Å². The molecule has 5 rings (SSSR count). The summed E-state index contributed by atoms with van der Waals surface area (Å²) in [6.45, 7) is 0. The van der Waals surface area contributed by atoms with Crippen LogP contribution < -0.4 is 5.32 Å². The van der Waals surface area contributed by atoms with Gasteiger partial charge in [-0.1, -0.05) is 28.1 Å². The van der Waals surface area contributed by atoms with E-state index in [1.54, 1.807) is 12.4 Å². The van der Waals surface area contributed by atoms with Crippen molar-refractivity contribution in [1.82, 2.24) is 4.98 Å². The molecule has 2 bridgehead atoms. The zero-order valence-electron chi connectivity index (χ0n) is 14.5. The Morgan fingerprint density at radius 3 is 2.56 bits per heavy atom. The average Bonchev–Trinajstić information content (AvgIpc) is 3.28. The van der Waals surface area contributed by atoms with Crippen LogP contribution in [0.1, 0.15) is 17.5 Å². The van der Waals surface area contributed by atoms with Gasteiger partial charge in [0, 0.05) is 24.0 Å². The number of aromatic nitrogens is 1. The third kappa shape index (κ3) is 2.78. The number of esters is 1. The van der Waals surface area contributed by atoms with Crippen molar-refractivity contribution < 1.29 is 14.3 Å². The van der Waals surface area contributed by atoms with E-state index in [2.05, 4.69) is 26.2 Å². The second-order valence-electron chi connectivity index (χ2n) is 7.68. The fraction of sp³-hybridized carbons (Fsp3) is 0.381. The molecule has 6 heteroatoms. The average molecular weight is 427 g/mol. The highest BCUT2D eigenvalue weighted by Gasteiger charge is 2.67. The van der Waals surface area contributed by atoms with Crippen LogP contribution in [0.3, 0.4) is 0 Å². The van der Waals surface area contributed by atoms with Crippen LogP contribution >= 0.6 is 15.9 Å². The summed E-state index contributed by atoms with van der Waals surface area (Å²) in [5.41, 5.74) is 3.12. The molecule has 0 unspecified atom stereocenters. The summed E-state index contributed by atoms with van der Waals surface area (Å²) in [5, 5.41) is 3.01. The molecule has 2 heterocycles. The molecule has 1 aromatic heterocycles. The molecule has 2 aromatic rings. The van der Waals surface area contributed by atoms with Crippen molar-refractivity contribution in [2.45, 2.75) is 23.8 Å². The zero-order valence-corrected chi connectivity index (χ0v) is 16.1. The lowest BCUT2D eigenvalue weighted by Crippen LogP contribution is -2.40. The van der Waals surface area contributed by atoms with E-state index < -0.39 is 0 Å². The Labute approximate surface area is 165 Å². The summed E-state index contributed by atoms with van der Waals surface area (Å²) in [4.78, 5) is 29.2. The smallest absolute Gasteiger partial charge is 0.310 e.